The lowest BCUT2D eigenvalue weighted by atomic mass is 9.95. The molecule has 0 aromatic heterocycles. The SMILES string of the molecule is CCOc1ccccc1[C@H]1NC(=O)N(CC(=O)Nc2ccc(C)cc2)C2=C1C(=O)OC2. The Morgan fingerprint density at radius 1 is 1.19 bits per heavy atom. The van der Waals surface area contributed by atoms with Gasteiger partial charge >= 0.3 is 12.0 Å². The maximum atomic E-state index is 12.9. The highest BCUT2D eigenvalue weighted by Gasteiger charge is 2.43. The third-order valence-electron chi connectivity index (χ3n) is 5.17. The van der Waals surface area contributed by atoms with Gasteiger partial charge in [0.15, 0.2) is 0 Å². The summed E-state index contributed by atoms with van der Waals surface area (Å²) in [5.41, 5.74) is 3.07. The molecule has 0 aliphatic carbocycles. The summed E-state index contributed by atoms with van der Waals surface area (Å²) in [5, 5.41) is 5.60. The van der Waals surface area contributed by atoms with Crippen LogP contribution in [0.2, 0.25) is 0 Å². The number of ether oxygens (including phenoxy) is 2. The summed E-state index contributed by atoms with van der Waals surface area (Å²) in [6, 6.07) is 13.4. The third-order valence-corrected chi connectivity index (χ3v) is 5.17. The number of benzene rings is 2. The van der Waals surface area contributed by atoms with E-state index in [1.54, 1.807) is 24.3 Å². The van der Waals surface area contributed by atoms with E-state index in [-0.39, 0.29) is 19.1 Å². The molecule has 2 aromatic carbocycles. The number of amides is 3. The van der Waals surface area contributed by atoms with Gasteiger partial charge in [-0.3, -0.25) is 9.69 Å². The molecule has 2 heterocycles. The normalized spacial score (nSPS) is 17.7. The van der Waals surface area contributed by atoms with E-state index in [0.29, 0.717) is 34.9 Å². The Morgan fingerprint density at radius 2 is 1.94 bits per heavy atom. The van der Waals surface area contributed by atoms with Crippen molar-refractivity contribution in [3.8, 4) is 5.75 Å². The van der Waals surface area contributed by atoms with E-state index in [1.807, 2.05) is 38.1 Å². The van der Waals surface area contributed by atoms with Crippen LogP contribution in [0.25, 0.3) is 0 Å². The van der Waals surface area contributed by atoms with Crippen LogP contribution in [-0.4, -0.2) is 42.6 Å². The van der Waals surface area contributed by atoms with Crippen molar-refractivity contribution in [2.75, 3.05) is 25.1 Å². The Balaban J connectivity index is 1.61. The average Bonchev–Trinajstić information content (AvgIpc) is 3.14. The van der Waals surface area contributed by atoms with Gasteiger partial charge in [0.25, 0.3) is 0 Å². The summed E-state index contributed by atoms with van der Waals surface area (Å²) in [6.07, 6.45) is 0. The number of nitrogens with zero attached hydrogens (tertiary/aromatic N) is 1. The fraction of sp³-hybridized carbons (Fsp3) is 0.261. The highest BCUT2D eigenvalue weighted by Crippen LogP contribution is 2.38. The first-order valence-electron chi connectivity index (χ1n) is 10.0. The molecule has 2 aliphatic rings. The number of para-hydroxylation sites is 1. The van der Waals surface area contributed by atoms with Crippen molar-refractivity contribution in [3.63, 3.8) is 0 Å². The zero-order valence-electron chi connectivity index (χ0n) is 17.3. The number of hydrogen-bond acceptors (Lipinski definition) is 5. The van der Waals surface area contributed by atoms with Crippen molar-refractivity contribution < 1.29 is 23.9 Å². The van der Waals surface area contributed by atoms with Gasteiger partial charge in [-0.2, -0.15) is 0 Å². The second-order valence-electron chi connectivity index (χ2n) is 7.29. The van der Waals surface area contributed by atoms with Crippen molar-refractivity contribution in [3.05, 3.63) is 70.9 Å². The smallest absolute Gasteiger partial charge is 0.338 e. The molecule has 0 saturated heterocycles. The molecule has 8 nitrogen and oxygen atoms in total. The van der Waals surface area contributed by atoms with Crippen molar-refractivity contribution in [1.82, 2.24) is 10.2 Å². The van der Waals surface area contributed by atoms with Crippen molar-refractivity contribution in [2.45, 2.75) is 19.9 Å². The molecule has 3 amide bonds. The predicted molar refractivity (Wildman–Crippen MR) is 113 cm³/mol. The number of rotatable bonds is 6. The fourth-order valence-corrected chi connectivity index (χ4v) is 3.70. The largest absolute Gasteiger partial charge is 0.494 e. The fourth-order valence-electron chi connectivity index (χ4n) is 3.70. The van der Waals surface area contributed by atoms with Gasteiger partial charge in [0.05, 0.1) is 23.9 Å². The highest BCUT2D eigenvalue weighted by molar-refractivity contribution is 6.00. The standard InChI is InChI=1S/C23H23N3O5/c1-3-30-18-7-5-4-6-16(18)21-20-17(13-31-22(20)28)26(23(29)25-21)12-19(27)24-15-10-8-14(2)9-11-15/h4-11,21H,3,12-13H2,1-2H3,(H,24,27)(H,25,29)/t21-/m1/s1. The monoisotopic (exact) mass is 421 g/mol. The molecule has 0 fully saturated rings. The molecule has 2 aromatic rings. The quantitative estimate of drug-likeness (QED) is 0.699. The number of carbonyl (C=O) groups is 3. The molecule has 0 saturated carbocycles. The lowest BCUT2D eigenvalue weighted by Gasteiger charge is -2.33. The van der Waals surface area contributed by atoms with Crippen molar-refractivity contribution in [1.29, 1.82) is 0 Å². The van der Waals surface area contributed by atoms with Crippen LogP contribution in [0.4, 0.5) is 10.5 Å². The van der Waals surface area contributed by atoms with Gasteiger partial charge in [-0.05, 0) is 32.0 Å². The third kappa shape index (κ3) is 4.09. The maximum Gasteiger partial charge on any atom is 0.338 e. The number of hydrogen-bond donors (Lipinski definition) is 2. The maximum absolute atomic E-state index is 12.9. The number of aryl methyl sites for hydroxylation is 1. The predicted octanol–water partition coefficient (Wildman–Crippen LogP) is 2.91. The summed E-state index contributed by atoms with van der Waals surface area (Å²) in [6.45, 7) is 3.95. The van der Waals surface area contributed by atoms with E-state index >= 15 is 0 Å². The zero-order chi connectivity index (χ0) is 22.0. The van der Waals surface area contributed by atoms with Gasteiger partial charge in [0.2, 0.25) is 5.91 Å². The number of urea groups is 1. The summed E-state index contributed by atoms with van der Waals surface area (Å²) in [7, 11) is 0. The molecule has 4 rings (SSSR count). The van der Waals surface area contributed by atoms with Crippen LogP contribution in [0.15, 0.2) is 59.8 Å². The molecule has 0 bridgehead atoms. The molecular formula is C23H23N3O5. The van der Waals surface area contributed by atoms with E-state index in [9.17, 15) is 14.4 Å². The van der Waals surface area contributed by atoms with Crippen LogP contribution in [0.3, 0.4) is 0 Å². The lowest BCUT2D eigenvalue weighted by molar-refractivity contribution is -0.136. The molecular weight excluding hydrogens is 398 g/mol. The van der Waals surface area contributed by atoms with E-state index < -0.39 is 18.0 Å². The first-order valence-corrected chi connectivity index (χ1v) is 10.0. The topological polar surface area (TPSA) is 97.0 Å². The van der Waals surface area contributed by atoms with Gasteiger partial charge in [-0.1, -0.05) is 35.9 Å². The summed E-state index contributed by atoms with van der Waals surface area (Å²) >= 11 is 0. The molecule has 2 aliphatic heterocycles. The second kappa shape index (κ2) is 8.51. The highest BCUT2D eigenvalue weighted by atomic mass is 16.5. The Hall–Kier alpha value is -3.81. The van der Waals surface area contributed by atoms with Crippen LogP contribution in [0.1, 0.15) is 24.1 Å². The van der Waals surface area contributed by atoms with Crippen LogP contribution >= 0.6 is 0 Å². The van der Waals surface area contributed by atoms with Gasteiger partial charge in [0.1, 0.15) is 18.9 Å². The minimum Gasteiger partial charge on any atom is -0.494 e. The number of nitrogens with one attached hydrogen (secondary N) is 2. The molecule has 1 atom stereocenters. The van der Waals surface area contributed by atoms with E-state index in [4.69, 9.17) is 9.47 Å². The van der Waals surface area contributed by atoms with Crippen molar-refractivity contribution in [2.24, 2.45) is 0 Å². The Bertz CT molecular complexity index is 1060. The van der Waals surface area contributed by atoms with Gasteiger partial charge in [-0.25, -0.2) is 9.59 Å². The van der Waals surface area contributed by atoms with Crippen LogP contribution in [0, 0.1) is 6.92 Å². The summed E-state index contributed by atoms with van der Waals surface area (Å²) < 4.78 is 10.9. The molecule has 160 valence electrons. The first-order chi connectivity index (χ1) is 15.0. The van der Waals surface area contributed by atoms with E-state index in [1.165, 1.54) is 4.90 Å². The number of cyclic esters (lactones) is 1. The van der Waals surface area contributed by atoms with Gasteiger partial charge in [0, 0.05) is 11.3 Å². The number of anilines is 1. The number of esters is 1. The summed E-state index contributed by atoms with van der Waals surface area (Å²) in [4.78, 5) is 39.3. The van der Waals surface area contributed by atoms with Crippen LogP contribution in [-0.2, 0) is 14.3 Å². The van der Waals surface area contributed by atoms with Crippen molar-refractivity contribution >= 4 is 23.6 Å². The van der Waals surface area contributed by atoms with Gasteiger partial charge < -0.3 is 20.1 Å². The first kappa shape index (κ1) is 20.5. The Labute approximate surface area is 179 Å². The average molecular weight is 421 g/mol. The number of carbonyl (C=O) groups excluding carboxylic acids is 3. The van der Waals surface area contributed by atoms with Gasteiger partial charge in [-0.15, -0.1) is 0 Å². The molecule has 0 spiro atoms. The lowest BCUT2D eigenvalue weighted by Crippen LogP contribution is -2.49. The zero-order valence-corrected chi connectivity index (χ0v) is 17.3. The molecule has 8 heteroatoms. The van der Waals surface area contributed by atoms with E-state index in [0.717, 1.165) is 5.56 Å². The summed E-state index contributed by atoms with van der Waals surface area (Å²) in [5.74, 6) is -0.318. The van der Waals surface area contributed by atoms with Crippen LogP contribution in [0.5, 0.6) is 5.75 Å². The van der Waals surface area contributed by atoms with Crippen LogP contribution < -0.4 is 15.4 Å². The minimum atomic E-state index is -0.711. The molecule has 31 heavy (non-hydrogen) atoms. The molecule has 0 unspecified atom stereocenters. The Kier molecular flexibility index (Phi) is 5.62. The second-order valence-corrected chi connectivity index (χ2v) is 7.29. The Morgan fingerprint density at radius 3 is 2.68 bits per heavy atom. The van der Waals surface area contributed by atoms with E-state index in [2.05, 4.69) is 10.6 Å². The minimum absolute atomic E-state index is 0.0628. The molecule has 0 radical (unpaired) electrons. The molecule has 2 N–H and O–H groups in total.